The highest BCUT2D eigenvalue weighted by Gasteiger charge is 2.13. The fourth-order valence-corrected chi connectivity index (χ4v) is 2.12. The summed E-state index contributed by atoms with van der Waals surface area (Å²) in [6.45, 7) is 3.82. The number of nitrogens with one attached hydrogen (secondary N) is 2. The molecule has 0 saturated carbocycles. The molecule has 1 aromatic rings. The number of amides is 1. The molecule has 0 spiro atoms. The summed E-state index contributed by atoms with van der Waals surface area (Å²) in [4.78, 5) is 11.9. The van der Waals surface area contributed by atoms with Gasteiger partial charge in [-0.1, -0.05) is 24.1 Å². The molecular formula is C14H20N2O. The van der Waals surface area contributed by atoms with Gasteiger partial charge in [0.15, 0.2) is 0 Å². The van der Waals surface area contributed by atoms with Gasteiger partial charge in [-0.2, -0.15) is 0 Å². The average Bonchev–Trinajstić information content (AvgIpc) is 2.38. The number of carbonyl (C=O) groups excluding carboxylic acids is 1. The van der Waals surface area contributed by atoms with E-state index in [4.69, 9.17) is 0 Å². The molecule has 1 saturated heterocycles. The first-order chi connectivity index (χ1) is 8.25. The molecular weight excluding hydrogens is 212 g/mol. The zero-order valence-electron chi connectivity index (χ0n) is 10.3. The van der Waals surface area contributed by atoms with E-state index in [1.807, 2.05) is 31.2 Å². The van der Waals surface area contributed by atoms with Gasteiger partial charge in [0, 0.05) is 18.2 Å². The smallest absolute Gasteiger partial charge is 0.251 e. The molecule has 0 aliphatic carbocycles. The lowest BCUT2D eigenvalue weighted by Gasteiger charge is -2.23. The van der Waals surface area contributed by atoms with Crippen LogP contribution in [-0.2, 0) is 0 Å². The standard InChI is InChI=1S/C14H20N2O/c1-11-5-7-12(8-6-11)14(17)16-10-13-4-2-3-9-15-13/h5-8,13,15H,2-4,9-10H2,1H3,(H,16,17). The van der Waals surface area contributed by atoms with Gasteiger partial charge in [-0.25, -0.2) is 0 Å². The van der Waals surface area contributed by atoms with E-state index in [9.17, 15) is 4.79 Å². The molecule has 1 aromatic carbocycles. The van der Waals surface area contributed by atoms with E-state index in [2.05, 4.69) is 10.6 Å². The SMILES string of the molecule is Cc1ccc(C(=O)NCC2CCCCN2)cc1. The Morgan fingerprint density at radius 1 is 1.35 bits per heavy atom. The van der Waals surface area contributed by atoms with Crippen LogP contribution < -0.4 is 10.6 Å². The van der Waals surface area contributed by atoms with Crippen LogP contribution in [0.4, 0.5) is 0 Å². The second-order valence-electron chi connectivity index (χ2n) is 4.72. The molecule has 1 unspecified atom stereocenters. The lowest BCUT2D eigenvalue weighted by Crippen LogP contribution is -2.43. The van der Waals surface area contributed by atoms with Crippen molar-refractivity contribution < 1.29 is 4.79 Å². The molecule has 1 atom stereocenters. The highest BCUT2D eigenvalue weighted by atomic mass is 16.1. The van der Waals surface area contributed by atoms with Gasteiger partial charge in [-0.3, -0.25) is 4.79 Å². The van der Waals surface area contributed by atoms with Crippen molar-refractivity contribution in [2.45, 2.75) is 32.2 Å². The molecule has 1 aliphatic rings. The summed E-state index contributed by atoms with van der Waals surface area (Å²) in [6.07, 6.45) is 3.68. The number of aryl methyl sites for hydroxylation is 1. The largest absolute Gasteiger partial charge is 0.350 e. The minimum absolute atomic E-state index is 0.0253. The van der Waals surface area contributed by atoms with Crippen LogP contribution in [0.25, 0.3) is 0 Å². The molecule has 2 rings (SSSR count). The summed E-state index contributed by atoms with van der Waals surface area (Å²) in [5, 5.41) is 6.41. The van der Waals surface area contributed by atoms with Crippen LogP contribution in [-0.4, -0.2) is 25.0 Å². The Morgan fingerprint density at radius 2 is 2.12 bits per heavy atom. The van der Waals surface area contributed by atoms with Gasteiger partial charge in [0.05, 0.1) is 0 Å². The van der Waals surface area contributed by atoms with E-state index in [-0.39, 0.29) is 5.91 Å². The molecule has 1 heterocycles. The maximum absolute atomic E-state index is 11.9. The molecule has 0 bridgehead atoms. The van der Waals surface area contributed by atoms with Gasteiger partial charge in [0.2, 0.25) is 0 Å². The zero-order chi connectivity index (χ0) is 12.1. The van der Waals surface area contributed by atoms with Crippen molar-refractivity contribution in [1.29, 1.82) is 0 Å². The Hall–Kier alpha value is -1.35. The van der Waals surface area contributed by atoms with Crippen LogP contribution in [0.15, 0.2) is 24.3 Å². The van der Waals surface area contributed by atoms with Crippen molar-refractivity contribution in [2.24, 2.45) is 0 Å². The Morgan fingerprint density at radius 3 is 2.76 bits per heavy atom. The number of hydrogen-bond acceptors (Lipinski definition) is 2. The number of rotatable bonds is 3. The highest BCUT2D eigenvalue weighted by Crippen LogP contribution is 2.07. The Labute approximate surface area is 103 Å². The first-order valence-corrected chi connectivity index (χ1v) is 6.34. The van der Waals surface area contributed by atoms with E-state index < -0.39 is 0 Å². The van der Waals surface area contributed by atoms with Gasteiger partial charge >= 0.3 is 0 Å². The van der Waals surface area contributed by atoms with Gasteiger partial charge < -0.3 is 10.6 Å². The van der Waals surface area contributed by atoms with Crippen LogP contribution in [0.3, 0.4) is 0 Å². The maximum atomic E-state index is 11.9. The third-order valence-corrected chi connectivity index (χ3v) is 3.24. The molecule has 1 aliphatic heterocycles. The average molecular weight is 232 g/mol. The maximum Gasteiger partial charge on any atom is 0.251 e. The van der Waals surface area contributed by atoms with Crippen LogP contribution >= 0.6 is 0 Å². The second kappa shape index (κ2) is 5.82. The van der Waals surface area contributed by atoms with Crippen molar-refractivity contribution in [3.63, 3.8) is 0 Å². The van der Waals surface area contributed by atoms with Gasteiger partial charge in [-0.05, 0) is 38.4 Å². The van der Waals surface area contributed by atoms with Crippen molar-refractivity contribution in [3.05, 3.63) is 35.4 Å². The van der Waals surface area contributed by atoms with Crippen molar-refractivity contribution in [1.82, 2.24) is 10.6 Å². The van der Waals surface area contributed by atoms with E-state index in [0.717, 1.165) is 25.1 Å². The summed E-state index contributed by atoms with van der Waals surface area (Å²) in [5.74, 6) is 0.0253. The lowest BCUT2D eigenvalue weighted by atomic mass is 10.0. The number of hydrogen-bond donors (Lipinski definition) is 2. The summed E-state index contributed by atoms with van der Waals surface area (Å²) in [5.41, 5.74) is 1.92. The molecule has 3 heteroatoms. The zero-order valence-corrected chi connectivity index (χ0v) is 10.3. The highest BCUT2D eigenvalue weighted by molar-refractivity contribution is 5.94. The van der Waals surface area contributed by atoms with Crippen LogP contribution in [0.1, 0.15) is 35.2 Å². The Kier molecular flexibility index (Phi) is 4.15. The first-order valence-electron chi connectivity index (χ1n) is 6.34. The molecule has 1 fully saturated rings. The van der Waals surface area contributed by atoms with Gasteiger partial charge in [0.1, 0.15) is 0 Å². The topological polar surface area (TPSA) is 41.1 Å². The van der Waals surface area contributed by atoms with Gasteiger partial charge in [0.25, 0.3) is 5.91 Å². The molecule has 0 radical (unpaired) electrons. The second-order valence-corrected chi connectivity index (χ2v) is 4.72. The minimum atomic E-state index is 0.0253. The van der Waals surface area contributed by atoms with Gasteiger partial charge in [-0.15, -0.1) is 0 Å². The van der Waals surface area contributed by atoms with E-state index in [1.165, 1.54) is 18.4 Å². The predicted octanol–water partition coefficient (Wildman–Crippen LogP) is 1.87. The lowest BCUT2D eigenvalue weighted by molar-refractivity contribution is 0.0948. The fourth-order valence-electron chi connectivity index (χ4n) is 2.12. The number of carbonyl (C=O) groups is 1. The first kappa shape index (κ1) is 12.1. The van der Waals surface area contributed by atoms with Crippen LogP contribution in [0, 0.1) is 6.92 Å². The summed E-state index contributed by atoms with van der Waals surface area (Å²) in [7, 11) is 0. The Balaban J connectivity index is 1.82. The van der Waals surface area contributed by atoms with Crippen molar-refractivity contribution in [3.8, 4) is 0 Å². The minimum Gasteiger partial charge on any atom is -0.350 e. The molecule has 17 heavy (non-hydrogen) atoms. The van der Waals surface area contributed by atoms with Crippen LogP contribution in [0.5, 0.6) is 0 Å². The van der Waals surface area contributed by atoms with Crippen LogP contribution in [0.2, 0.25) is 0 Å². The Bertz CT molecular complexity index is 366. The van der Waals surface area contributed by atoms with E-state index >= 15 is 0 Å². The van der Waals surface area contributed by atoms with Crippen molar-refractivity contribution in [2.75, 3.05) is 13.1 Å². The van der Waals surface area contributed by atoms with E-state index in [0.29, 0.717) is 6.04 Å². The quantitative estimate of drug-likeness (QED) is 0.835. The predicted molar refractivity (Wildman–Crippen MR) is 69.2 cm³/mol. The fraction of sp³-hybridized carbons (Fsp3) is 0.500. The van der Waals surface area contributed by atoms with Crippen molar-refractivity contribution >= 4 is 5.91 Å². The normalized spacial score (nSPS) is 19.9. The summed E-state index contributed by atoms with van der Waals surface area (Å²) >= 11 is 0. The molecule has 2 N–H and O–H groups in total. The molecule has 92 valence electrons. The summed E-state index contributed by atoms with van der Waals surface area (Å²) in [6, 6.07) is 8.12. The molecule has 3 nitrogen and oxygen atoms in total. The number of piperidine rings is 1. The molecule has 0 aromatic heterocycles. The summed E-state index contributed by atoms with van der Waals surface area (Å²) < 4.78 is 0. The molecule has 1 amide bonds. The third-order valence-electron chi connectivity index (χ3n) is 3.24. The van der Waals surface area contributed by atoms with E-state index in [1.54, 1.807) is 0 Å². The monoisotopic (exact) mass is 232 g/mol. The number of benzene rings is 1. The third kappa shape index (κ3) is 3.56.